The molecule has 4 amide bonds. The number of hydrogen-bond acceptors (Lipinski definition) is 35. The Kier molecular flexibility index (Phi) is 35.5. The zero-order chi connectivity index (χ0) is 82.5. The molecule has 2 aromatic rings. The molecule has 4 aliphatic rings. The Morgan fingerprint density at radius 3 is 0.848 bits per heavy atom. The molecule has 3 fully saturated rings. The van der Waals surface area contributed by atoms with E-state index in [2.05, 4.69) is 21.3 Å². The van der Waals surface area contributed by atoms with Crippen molar-refractivity contribution < 1.29 is 167 Å². The first-order valence-electron chi connectivity index (χ1n) is 35.7. The third-order valence-electron chi connectivity index (χ3n) is 17.2. The molecular weight excluding hydrogens is 1490 g/mol. The van der Waals surface area contributed by atoms with E-state index in [1.807, 2.05) is 48.5 Å². The summed E-state index contributed by atoms with van der Waals surface area (Å²) in [5.74, 6) is -13.0. The van der Waals surface area contributed by atoms with E-state index in [0.717, 1.165) is 105 Å². The lowest BCUT2D eigenvalue weighted by atomic mass is 9.83. The van der Waals surface area contributed by atoms with Crippen molar-refractivity contribution in [2.24, 2.45) is 0 Å². The topological polar surface area (TPSA) is 497 Å². The van der Waals surface area contributed by atoms with Gasteiger partial charge in [-0.05, 0) is 41.5 Å². The van der Waals surface area contributed by atoms with Crippen molar-refractivity contribution in [3.63, 3.8) is 0 Å². The summed E-state index contributed by atoms with van der Waals surface area (Å²) in [6.45, 7) is 8.38. The van der Waals surface area contributed by atoms with Gasteiger partial charge in [-0.15, -0.1) is 0 Å². The fourth-order valence-electron chi connectivity index (χ4n) is 12.8. The Labute approximate surface area is 643 Å². The summed E-state index contributed by atoms with van der Waals surface area (Å²) in [6, 6.07) is 15.0. The van der Waals surface area contributed by atoms with Gasteiger partial charge in [-0.25, -0.2) is 4.79 Å². The van der Waals surface area contributed by atoms with E-state index in [-0.39, 0.29) is 45.5 Å². The lowest BCUT2D eigenvalue weighted by molar-refractivity contribution is -0.307. The van der Waals surface area contributed by atoms with Gasteiger partial charge in [0.05, 0.1) is 19.8 Å². The number of esters is 12. The Morgan fingerprint density at radius 2 is 0.580 bits per heavy atom. The van der Waals surface area contributed by atoms with E-state index >= 15 is 0 Å². The molecule has 112 heavy (non-hydrogen) atoms. The van der Waals surface area contributed by atoms with Crippen LogP contribution in [0, 0.1) is 0 Å². The van der Waals surface area contributed by atoms with Gasteiger partial charge in [0.1, 0.15) is 44.7 Å². The Hall–Kier alpha value is -10.5. The predicted octanol–water partition coefficient (Wildman–Crippen LogP) is 1.25. The summed E-state index contributed by atoms with van der Waals surface area (Å²) in [6.07, 6.45) is -26.6. The third-order valence-corrected chi connectivity index (χ3v) is 17.2. The summed E-state index contributed by atoms with van der Waals surface area (Å²) < 4.78 is 107. The highest BCUT2D eigenvalue weighted by atomic mass is 16.8. The van der Waals surface area contributed by atoms with Gasteiger partial charge < -0.3 is 111 Å². The second-order valence-electron chi connectivity index (χ2n) is 26.1. The van der Waals surface area contributed by atoms with Crippen LogP contribution in [-0.2, 0) is 162 Å². The fraction of sp³-hybridized carbons (Fsp3) is 0.616. The van der Waals surface area contributed by atoms with Crippen LogP contribution in [0.25, 0.3) is 11.1 Å². The van der Waals surface area contributed by atoms with Crippen LogP contribution < -0.4 is 21.3 Å². The lowest BCUT2D eigenvalue weighted by Gasteiger charge is -2.44. The maximum Gasteiger partial charge on any atom is 0.407 e. The third kappa shape index (κ3) is 28.7. The first-order valence-corrected chi connectivity index (χ1v) is 35.7. The number of fused-ring (bicyclic) bond motifs is 3. The van der Waals surface area contributed by atoms with Crippen LogP contribution >= 0.6 is 0 Å². The molecule has 0 aromatic heterocycles. The number of ether oxygens (including phenoxy) is 19. The van der Waals surface area contributed by atoms with Crippen LogP contribution in [0.15, 0.2) is 48.5 Å². The molecule has 39 nitrogen and oxygen atoms in total. The first-order chi connectivity index (χ1) is 53.0. The Morgan fingerprint density at radius 1 is 0.321 bits per heavy atom. The van der Waals surface area contributed by atoms with Crippen LogP contribution in [0.2, 0.25) is 0 Å². The number of hydrogen-bond donors (Lipinski definition) is 4. The quantitative estimate of drug-likeness (QED) is 0.0416. The zero-order valence-corrected chi connectivity index (χ0v) is 64.0. The normalized spacial score (nSPS) is 23.7. The van der Waals surface area contributed by atoms with E-state index < -0.39 is 258 Å². The van der Waals surface area contributed by atoms with Gasteiger partial charge in [0.25, 0.3) is 0 Å². The van der Waals surface area contributed by atoms with Crippen molar-refractivity contribution >= 4 is 95.4 Å². The van der Waals surface area contributed by atoms with Gasteiger partial charge in [0, 0.05) is 133 Å². The van der Waals surface area contributed by atoms with Crippen LogP contribution in [0.1, 0.15) is 139 Å². The number of alkyl carbamates (subject to hydrolysis) is 1. The predicted molar refractivity (Wildman–Crippen MR) is 371 cm³/mol. The van der Waals surface area contributed by atoms with E-state index in [9.17, 15) is 76.7 Å². The molecule has 3 saturated heterocycles. The summed E-state index contributed by atoms with van der Waals surface area (Å²) in [5, 5.41) is 10.9. The second kappa shape index (κ2) is 43.9. The molecule has 2 aromatic carbocycles. The molecule has 3 heterocycles. The molecule has 4 N–H and O–H groups in total. The number of nitrogens with one attached hydrogen (secondary N) is 4. The molecule has 0 saturated carbocycles. The van der Waals surface area contributed by atoms with Crippen LogP contribution in [0.5, 0.6) is 0 Å². The average molecular weight is 1590 g/mol. The Bertz CT molecular complexity index is 3360. The standard InChI is InChI=1S/C73H96N4O35/c1-37(78)97-34-54-60(101-40(4)81)63(104-43(7)84)66(107-46(10)87)69(110-54)94-30-27-74-57(90)21-24-73(77-72(93)100-33-53-51-19-15-13-17-49(51)50-18-14-16-20-52(50)53,25-22-58(91)75-28-31-95-70-67(108-47(11)88)64(105-44(8)85)61(102-41(5)82)55(111-70)35-98-38(2)79)26-23-59(92)76-29-32-96-71-68(109-48(12)89)65(106-45(9)86)62(103-42(6)83)56(112-71)36-99-39(3)80/h13-20,53-56,60-71H,21-36H2,1-12H3,(H,74,90)(H,75,91)(H,76,92)(H,77,93)/t54-,55-,56-,60-,61-,62-,63+,64+,65+,66+,67+,68+,69+,70+,71+/m1/s1. The SMILES string of the molecule is CC(=O)OC[C@H]1O[C@H](OCCNC(=O)CCC(CCC(=O)NCCO[C@H]2O[C@H](COC(C)=O)[C@@H](OC(C)=O)[C@H](OC(C)=O)[C@@H]2OC(C)=O)(CCC(=O)NCCO[C@H]2O[C@H](COC(C)=O)[C@@H](OC(C)=O)[C@H](OC(C)=O)[C@@H]2OC(C)=O)NC(=O)OCC2c3ccccc3-c3ccccc32)[C@@H](OC(C)=O)[C@@H](OC(C)=O)[C@@H]1OC(C)=O. The van der Waals surface area contributed by atoms with Crippen LogP contribution in [-0.4, -0.2) is 259 Å². The number of amides is 4. The van der Waals surface area contributed by atoms with Crippen molar-refractivity contribution in [2.45, 2.75) is 225 Å². The van der Waals surface area contributed by atoms with Crippen LogP contribution in [0.3, 0.4) is 0 Å². The maximum atomic E-state index is 14.7. The second-order valence-corrected chi connectivity index (χ2v) is 26.1. The monoisotopic (exact) mass is 1590 g/mol. The number of carbonyl (C=O) groups excluding carboxylic acids is 16. The Balaban J connectivity index is 1.28. The molecule has 0 spiro atoms. The molecule has 6 rings (SSSR count). The summed E-state index contributed by atoms with van der Waals surface area (Å²) in [5.41, 5.74) is 1.76. The summed E-state index contributed by atoms with van der Waals surface area (Å²) in [7, 11) is 0. The van der Waals surface area contributed by atoms with Gasteiger partial charge in [-0.2, -0.15) is 0 Å². The van der Waals surface area contributed by atoms with Crippen LogP contribution in [0.4, 0.5) is 4.79 Å². The molecule has 0 unspecified atom stereocenters. The van der Waals surface area contributed by atoms with E-state index in [4.69, 9.17) is 90.0 Å². The molecule has 0 bridgehead atoms. The van der Waals surface area contributed by atoms with E-state index in [1.54, 1.807) is 0 Å². The number of carbonyl (C=O) groups is 16. The summed E-state index contributed by atoms with van der Waals surface area (Å²) in [4.78, 5) is 205. The van der Waals surface area contributed by atoms with Gasteiger partial charge >= 0.3 is 77.7 Å². The lowest BCUT2D eigenvalue weighted by Crippen LogP contribution is -2.63. The van der Waals surface area contributed by atoms with Gasteiger partial charge in [0.2, 0.25) is 17.7 Å². The highest BCUT2D eigenvalue weighted by Gasteiger charge is 2.56. The van der Waals surface area contributed by atoms with Crippen molar-refractivity contribution in [1.82, 2.24) is 21.3 Å². The van der Waals surface area contributed by atoms with Crippen molar-refractivity contribution in [2.75, 3.05) is 65.9 Å². The minimum Gasteiger partial charge on any atom is -0.463 e. The summed E-state index contributed by atoms with van der Waals surface area (Å²) >= 11 is 0. The number of rotatable bonds is 39. The molecule has 39 heteroatoms. The molecule has 1 aliphatic carbocycles. The first kappa shape index (κ1) is 90.4. The minimum absolute atomic E-state index is 0.226. The minimum atomic E-state index is -1.74. The molecule has 0 radical (unpaired) electrons. The van der Waals surface area contributed by atoms with Gasteiger partial charge in [0.15, 0.2) is 73.8 Å². The zero-order valence-electron chi connectivity index (χ0n) is 64.0. The van der Waals surface area contributed by atoms with Crippen molar-refractivity contribution in [1.29, 1.82) is 0 Å². The fourth-order valence-corrected chi connectivity index (χ4v) is 12.8. The van der Waals surface area contributed by atoms with E-state index in [1.165, 1.54) is 0 Å². The molecular formula is C73H96N4O35. The van der Waals surface area contributed by atoms with Crippen molar-refractivity contribution in [3.8, 4) is 11.1 Å². The van der Waals surface area contributed by atoms with Gasteiger partial charge in [-0.1, -0.05) is 48.5 Å². The van der Waals surface area contributed by atoms with Crippen molar-refractivity contribution in [3.05, 3.63) is 59.7 Å². The molecule has 15 atom stereocenters. The highest BCUT2D eigenvalue weighted by Crippen LogP contribution is 2.45. The highest BCUT2D eigenvalue weighted by molar-refractivity contribution is 5.81. The average Bonchev–Trinajstić information content (AvgIpc) is 1.54. The van der Waals surface area contributed by atoms with E-state index in [0.29, 0.717) is 0 Å². The smallest absolute Gasteiger partial charge is 0.407 e. The largest absolute Gasteiger partial charge is 0.463 e. The van der Waals surface area contributed by atoms with Gasteiger partial charge in [-0.3, -0.25) is 71.9 Å². The molecule has 3 aliphatic heterocycles. The molecule has 618 valence electrons. The maximum absolute atomic E-state index is 14.7. The number of benzene rings is 2.